The van der Waals surface area contributed by atoms with Crippen molar-refractivity contribution in [2.45, 2.75) is 37.9 Å². The smallest absolute Gasteiger partial charge is 0.383 e. The van der Waals surface area contributed by atoms with E-state index in [0.717, 1.165) is 30.7 Å². The van der Waals surface area contributed by atoms with E-state index in [1.54, 1.807) is 43.3 Å². The number of allylic oxidation sites excluding steroid dienone is 1. The highest BCUT2D eigenvalue weighted by molar-refractivity contribution is 6.12. The molecule has 2 unspecified atom stereocenters. The number of amidine groups is 1. The van der Waals surface area contributed by atoms with E-state index in [4.69, 9.17) is 5.73 Å². The van der Waals surface area contributed by atoms with Gasteiger partial charge < -0.3 is 16.4 Å². The predicted molar refractivity (Wildman–Crippen MR) is 160 cm³/mol. The number of hydrogen-bond acceptors (Lipinski definition) is 4. The van der Waals surface area contributed by atoms with Crippen molar-refractivity contribution in [2.24, 2.45) is 10.7 Å². The molecule has 0 fully saturated rings. The number of nitrogens with one attached hydrogen (secondary N) is 2. The SMILES string of the molecule is CCN1C(=O)C(NC(=O)c2cccc(C(F)(F)F)c2)C(c2ccc(F)cc2)C(C(N)=NC(=O)C2=CCC2)=C1Nc1ccccc1. The van der Waals surface area contributed by atoms with Crippen LogP contribution in [0.4, 0.5) is 23.2 Å². The van der Waals surface area contributed by atoms with Crippen LogP contribution in [0, 0.1) is 5.82 Å². The van der Waals surface area contributed by atoms with Gasteiger partial charge in [-0.2, -0.15) is 18.2 Å². The highest BCUT2D eigenvalue weighted by Gasteiger charge is 2.45. The van der Waals surface area contributed by atoms with Crippen LogP contribution < -0.4 is 16.4 Å². The van der Waals surface area contributed by atoms with Crippen molar-refractivity contribution in [1.82, 2.24) is 10.2 Å². The standard InChI is InChI=1S/C33H29F4N5O3/c1-2-42-29(39-24-12-4-3-5-13-24)26(28(38)41-30(43)20-8-6-9-20)25(19-14-16-23(34)17-15-19)27(32(42)45)40-31(44)21-10-7-11-22(18-21)33(35,36)37/h3-5,7-8,10-18,25,27,39H,2,6,9H2,1H3,(H,40,44)(H2,38,41,43). The number of alkyl halides is 3. The molecule has 3 aromatic carbocycles. The molecule has 0 radical (unpaired) electrons. The van der Waals surface area contributed by atoms with Crippen molar-refractivity contribution in [3.05, 3.63) is 124 Å². The van der Waals surface area contributed by atoms with Crippen LogP contribution in [-0.2, 0) is 15.8 Å². The third-order valence-corrected chi connectivity index (χ3v) is 7.60. The molecule has 3 amide bonds. The number of carbonyl (C=O) groups excluding carboxylic acids is 3. The molecule has 12 heteroatoms. The molecular formula is C33H29F4N5O3. The molecule has 1 aliphatic carbocycles. The number of nitrogens with zero attached hydrogens (tertiary/aromatic N) is 2. The summed E-state index contributed by atoms with van der Waals surface area (Å²) >= 11 is 0. The van der Waals surface area contributed by atoms with Gasteiger partial charge in [0.25, 0.3) is 17.7 Å². The van der Waals surface area contributed by atoms with E-state index in [2.05, 4.69) is 15.6 Å². The fourth-order valence-electron chi connectivity index (χ4n) is 5.23. The Labute approximate surface area is 256 Å². The maximum atomic E-state index is 14.2. The summed E-state index contributed by atoms with van der Waals surface area (Å²) in [4.78, 5) is 46.0. The van der Waals surface area contributed by atoms with Crippen LogP contribution in [0.5, 0.6) is 0 Å². The third-order valence-electron chi connectivity index (χ3n) is 7.60. The van der Waals surface area contributed by atoms with Gasteiger partial charge in [0.2, 0.25) is 0 Å². The monoisotopic (exact) mass is 619 g/mol. The molecule has 0 saturated carbocycles. The second-order valence-corrected chi connectivity index (χ2v) is 10.5. The van der Waals surface area contributed by atoms with E-state index in [1.807, 2.05) is 0 Å². The number of nitrogens with two attached hydrogens (primary N) is 1. The van der Waals surface area contributed by atoms with Gasteiger partial charge in [-0.05, 0) is 67.8 Å². The van der Waals surface area contributed by atoms with E-state index in [9.17, 15) is 31.9 Å². The topological polar surface area (TPSA) is 117 Å². The Kier molecular flexibility index (Phi) is 8.84. The molecule has 3 aromatic rings. The number of benzene rings is 3. The van der Waals surface area contributed by atoms with Crippen molar-refractivity contribution >= 4 is 29.2 Å². The van der Waals surface area contributed by atoms with Crippen molar-refractivity contribution in [2.75, 3.05) is 11.9 Å². The number of amides is 3. The molecule has 2 atom stereocenters. The summed E-state index contributed by atoms with van der Waals surface area (Å²) in [5.41, 5.74) is 6.74. The Bertz CT molecular complexity index is 1720. The second kappa shape index (κ2) is 12.8. The molecule has 232 valence electrons. The zero-order valence-corrected chi connectivity index (χ0v) is 24.1. The van der Waals surface area contributed by atoms with Gasteiger partial charge >= 0.3 is 6.18 Å². The fourth-order valence-corrected chi connectivity index (χ4v) is 5.23. The first-order valence-electron chi connectivity index (χ1n) is 14.2. The van der Waals surface area contributed by atoms with Gasteiger partial charge in [-0.15, -0.1) is 0 Å². The normalized spacial score (nSPS) is 18.7. The average molecular weight is 620 g/mol. The molecule has 4 N–H and O–H groups in total. The molecule has 2 aliphatic rings. The van der Waals surface area contributed by atoms with E-state index < -0.39 is 47.2 Å². The molecule has 1 aliphatic heterocycles. The Morgan fingerprint density at radius 1 is 1.02 bits per heavy atom. The molecule has 0 bridgehead atoms. The summed E-state index contributed by atoms with van der Waals surface area (Å²) in [5.74, 6) is -3.89. The fraction of sp³-hybridized carbons (Fsp3) is 0.212. The summed E-state index contributed by atoms with van der Waals surface area (Å²) < 4.78 is 54.3. The lowest BCUT2D eigenvalue weighted by Gasteiger charge is -2.41. The van der Waals surface area contributed by atoms with Crippen molar-refractivity contribution < 1.29 is 31.9 Å². The Hall–Kier alpha value is -5.26. The maximum Gasteiger partial charge on any atom is 0.416 e. The van der Waals surface area contributed by atoms with Gasteiger partial charge in [-0.1, -0.05) is 42.5 Å². The first-order valence-corrected chi connectivity index (χ1v) is 14.2. The number of rotatable bonds is 8. The third kappa shape index (κ3) is 6.64. The highest BCUT2D eigenvalue weighted by Crippen LogP contribution is 2.38. The van der Waals surface area contributed by atoms with Crippen LogP contribution in [-0.4, -0.2) is 41.0 Å². The number of aliphatic imine (C=N–C) groups is 1. The molecule has 0 saturated heterocycles. The van der Waals surface area contributed by atoms with E-state index in [-0.39, 0.29) is 29.3 Å². The van der Waals surface area contributed by atoms with Crippen LogP contribution in [0.15, 0.2) is 107 Å². The van der Waals surface area contributed by atoms with Gasteiger partial charge in [0.1, 0.15) is 23.5 Å². The molecule has 1 heterocycles. The van der Waals surface area contributed by atoms with Crippen LogP contribution in [0.3, 0.4) is 0 Å². The first kappa shape index (κ1) is 31.2. The van der Waals surface area contributed by atoms with Crippen molar-refractivity contribution in [3.8, 4) is 0 Å². The molecule has 0 aromatic heterocycles. The molecular weight excluding hydrogens is 590 g/mol. The van der Waals surface area contributed by atoms with E-state index in [1.165, 1.54) is 23.1 Å². The quantitative estimate of drug-likeness (QED) is 0.175. The summed E-state index contributed by atoms with van der Waals surface area (Å²) in [5, 5.41) is 5.80. The lowest BCUT2D eigenvalue weighted by atomic mass is 9.80. The number of anilines is 1. The zero-order valence-electron chi connectivity index (χ0n) is 24.1. The van der Waals surface area contributed by atoms with E-state index in [0.29, 0.717) is 29.3 Å². The number of carbonyl (C=O) groups is 3. The van der Waals surface area contributed by atoms with Gasteiger partial charge in [-0.3, -0.25) is 19.3 Å². The first-order chi connectivity index (χ1) is 21.5. The van der Waals surface area contributed by atoms with Crippen LogP contribution in [0.25, 0.3) is 0 Å². The number of hydrogen-bond donors (Lipinski definition) is 3. The lowest BCUT2D eigenvalue weighted by molar-refractivity contribution is -0.137. The second-order valence-electron chi connectivity index (χ2n) is 10.5. The molecule has 0 spiro atoms. The van der Waals surface area contributed by atoms with Crippen molar-refractivity contribution in [1.29, 1.82) is 0 Å². The summed E-state index contributed by atoms with van der Waals surface area (Å²) in [6.45, 7) is 1.76. The Morgan fingerprint density at radius 3 is 2.31 bits per heavy atom. The minimum atomic E-state index is -4.70. The van der Waals surface area contributed by atoms with Crippen LogP contribution in [0.2, 0.25) is 0 Å². The predicted octanol–water partition coefficient (Wildman–Crippen LogP) is 5.52. The number of halogens is 4. The summed E-state index contributed by atoms with van der Waals surface area (Å²) in [6.07, 6.45) is -1.72. The Morgan fingerprint density at radius 2 is 1.71 bits per heavy atom. The van der Waals surface area contributed by atoms with Gasteiger partial charge in [0.15, 0.2) is 0 Å². The van der Waals surface area contributed by atoms with E-state index >= 15 is 0 Å². The number of para-hydroxylation sites is 1. The maximum absolute atomic E-state index is 14.2. The highest BCUT2D eigenvalue weighted by atomic mass is 19.4. The molecule has 5 rings (SSSR count). The lowest BCUT2D eigenvalue weighted by Crippen LogP contribution is -2.57. The van der Waals surface area contributed by atoms with Crippen molar-refractivity contribution in [3.63, 3.8) is 0 Å². The average Bonchev–Trinajstić information content (AvgIpc) is 2.98. The van der Waals surface area contributed by atoms with Gasteiger partial charge in [-0.25, -0.2) is 4.39 Å². The summed E-state index contributed by atoms with van der Waals surface area (Å²) in [6, 6.07) is 16.3. The van der Waals surface area contributed by atoms with Crippen LogP contribution in [0.1, 0.15) is 47.2 Å². The minimum absolute atomic E-state index is 0.0793. The molecule has 45 heavy (non-hydrogen) atoms. The van der Waals surface area contributed by atoms with Crippen LogP contribution >= 0.6 is 0 Å². The summed E-state index contributed by atoms with van der Waals surface area (Å²) in [7, 11) is 0. The molecule has 8 nitrogen and oxygen atoms in total. The largest absolute Gasteiger partial charge is 0.416 e. The zero-order chi connectivity index (χ0) is 32.3. The Balaban J connectivity index is 1.68. The number of likely N-dealkylation sites (N-methyl/N-ethyl adjacent to an activating group) is 1. The minimum Gasteiger partial charge on any atom is -0.383 e. The van der Waals surface area contributed by atoms with Gasteiger partial charge in [0, 0.05) is 34.9 Å². The van der Waals surface area contributed by atoms with Gasteiger partial charge in [0.05, 0.1) is 5.56 Å².